The molecule has 38 heavy (non-hydrogen) atoms. The number of pyridine rings is 1. The predicted molar refractivity (Wildman–Crippen MR) is 149 cm³/mol. The summed E-state index contributed by atoms with van der Waals surface area (Å²) in [6.45, 7) is 7.08. The van der Waals surface area contributed by atoms with E-state index in [1.165, 1.54) is 11.1 Å². The van der Waals surface area contributed by atoms with Crippen LogP contribution in [0.1, 0.15) is 42.3 Å². The molecule has 0 aliphatic heterocycles. The minimum absolute atomic E-state index is 0.197. The Morgan fingerprint density at radius 3 is 2.53 bits per heavy atom. The average molecular weight is 506 g/mol. The van der Waals surface area contributed by atoms with E-state index >= 15 is 0 Å². The van der Waals surface area contributed by atoms with Crippen molar-refractivity contribution >= 4 is 21.9 Å². The van der Waals surface area contributed by atoms with Crippen LogP contribution in [0.4, 0.5) is 0 Å². The summed E-state index contributed by atoms with van der Waals surface area (Å²) in [5, 5.41) is 26.6. The zero-order valence-electron chi connectivity index (χ0n) is 22.1. The number of aromatic nitrogens is 7. The van der Waals surface area contributed by atoms with Gasteiger partial charge in [0.1, 0.15) is 0 Å². The van der Waals surface area contributed by atoms with Crippen LogP contribution in [0.25, 0.3) is 38.9 Å². The summed E-state index contributed by atoms with van der Waals surface area (Å²) in [6.07, 6.45) is 4.98. The summed E-state index contributed by atoms with van der Waals surface area (Å²) in [6, 6.07) is 18.7. The Balaban J connectivity index is 1.47. The Bertz CT molecular complexity index is 1760. The first kappa shape index (κ1) is 24.1. The number of hydrogen-bond acceptors (Lipinski definition) is 5. The summed E-state index contributed by atoms with van der Waals surface area (Å²) >= 11 is 0. The fourth-order valence-electron chi connectivity index (χ4n) is 5.34. The Hall–Kier alpha value is -4.30. The lowest BCUT2D eigenvalue weighted by atomic mass is 9.95. The summed E-state index contributed by atoms with van der Waals surface area (Å²) in [4.78, 5) is 4.63. The highest BCUT2D eigenvalue weighted by Crippen LogP contribution is 2.36. The fraction of sp³-hybridized carbons (Fsp3) is 0.267. The van der Waals surface area contributed by atoms with Crippen molar-refractivity contribution in [3.05, 3.63) is 89.5 Å². The van der Waals surface area contributed by atoms with Crippen molar-refractivity contribution in [1.82, 2.24) is 34.3 Å². The maximum Gasteiger partial charge on any atom is 0.181 e. The number of aliphatic hydroxyl groups excluding tert-OH is 1. The van der Waals surface area contributed by atoms with Crippen molar-refractivity contribution in [2.24, 2.45) is 7.05 Å². The van der Waals surface area contributed by atoms with E-state index in [0.717, 1.165) is 51.9 Å². The minimum Gasteiger partial charge on any atom is -0.390 e. The Morgan fingerprint density at radius 1 is 0.947 bits per heavy atom. The molecule has 0 amide bonds. The molecule has 8 nitrogen and oxygen atoms in total. The third-order valence-corrected chi connectivity index (χ3v) is 7.11. The van der Waals surface area contributed by atoms with Crippen LogP contribution in [-0.4, -0.2) is 39.4 Å². The Kier molecular flexibility index (Phi) is 6.04. The molecule has 192 valence electrons. The van der Waals surface area contributed by atoms with Crippen LogP contribution < -0.4 is 0 Å². The number of rotatable bonds is 7. The number of benzene rings is 2. The van der Waals surface area contributed by atoms with Gasteiger partial charge in [0.25, 0.3) is 0 Å². The lowest BCUT2D eigenvalue weighted by Crippen LogP contribution is -2.06. The van der Waals surface area contributed by atoms with Crippen LogP contribution >= 0.6 is 0 Å². The molecule has 6 aromatic rings. The van der Waals surface area contributed by atoms with Crippen molar-refractivity contribution < 1.29 is 5.11 Å². The van der Waals surface area contributed by atoms with E-state index in [-0.39, 0.29) is 12.5 Å². The van der Waals surface area contributed by atoms with Crippen LogP contribution in [0.3, 0.4) is 0 Å². The fourth-order valence-corrected chi connectivity index (χ4v) is 5.34. The molecule has 0 spiro atoms. The molecular weight excluding hydrogens is 474 g/mol. The zero-order chi connectivity index (χ0) is 26.4. The molecule has 8 heteroatoms. The smallest absolute Gasteiger partial charge is 0.181 e. The van der Waals surface area contributed by atoms with Gasteiger partial charge in [0, 0.05) is 53.6 Å². The first-order chi connectivity index (χ1) is 18.4. The van der Waals surface area contributed by atoms with Crippen LogP contribution in [-0.2, 0) is 26.6 Å². The second kappa shape index (κ2) is 9.54. The van der Waals surface area contributed by atoms with Gasteiger partial charge >= 0.3 is 0 Å². The lowest BCUT2D eigenvalue weighted by Gasteiger charge is -2.10. The van der Waals surface area contributed by atoms with Gasteiger partial charge in [-0.2, -0.15) is 15.3 Å². The zero-order valence-corrected chi connectivity index (χ0v) is 22.1. The van der Waals surface area contributed by atoms with E-state index in [2.05, 4.69) is 73.4 Å². The van der Waals surface area contributed by atoms with Gasteiger partial charge in [-0.25, -0.2) is 9.67 Å². The summed E-state index contributed by atoms with van der Waals surface area (Å²) in [5.41, 5.74) is 8.37. The lowest BCUT2D eigenvalue weighted by molar-refractivity contribution is 0.276. The molecule has 0 aliphatic carbocycles. The molecule has 0 unspecified atom stereocenters. The van der Waals surface area contributed by atoms with Crippen LogP contribution in [0, 0.1) is 6.92 Å². The van der Waals surface area contributed by atoms with Gasteiger partial charge in [0.2, 0.25) is 0 Å². The van der Waals surface area contributed by atoms with E-state index in [9.17, 15) is 5.11 Å². The first-order valence-electron chi connectivity index (χ1n) is 13.0. The molecule has 0 fully saturated rings. The average Bonchev–Trinajstić information content (AvgIpc) is 3.60. The van der Waals surface area contributed by atoms with Crippen molar-refractivity contribution in [2.45, 2.75) is 46.3 Å². The number of fused-ring (bicyclic) bond motifs is 2. The van der Waals surface area contributed by atoms with Gasteiger partial charge < -0.3 is 5.11 Å². The maximum absolute atomic E-state index is 10.2. The molecular formula is C30H31N7O. The molecule has 4 heterocycles. The van der Waals surface area contributed by atoms with Crippen molar-refractivity contribution in [1.29, 1.82) is 0 Å². The Morgan fingerprint density at radius 2 is 1.76 bits per heavy atom. The maximum atomic E-state index is 10.2. The van der Waals surface area contributed by atoms with E-state index in [0.29, 0.717) is 11.3 Å². The Labute approximate surface area is 221 Å². The standard InChI is InChI=1S/C30H31N7O/c1-19(2)28-20(3)37(27-15-22-16-35(4)34-30(22)31-26(27)18-38)33-29(28)23-11-8-12-25-24(23)17-36(32-25)14-13-21-9-6-5-7-10-21/h5-12,15-17,19,38H,13-14,18H2,1-4H3. The second-order valence-electron chi connectivity index (χ2n) is 10.1. The minimum atomic E-state index is -0.197. The summed E-state index contributed by atoms with van der Waals surface area (Å²) < 4.78 is 5.69. The monoisotopic (exact) mass is 505 g/mol. The predicted octanol–water partition coefficient (Wildman–Crippen LogP) is 5.34. The number of hydrogen-bond donors (Lipinski definition) is 1. The highest BCUT2D eigenvalue weighted by Gasteiger charge is 2.23. The van der Waals surface area contributed by atoms with Crippen LogP contribution in [0.2, 0.25) is 0 Å². The number of aryl methyl sites for hydroxylation is 3. The molecule has 0 saturated heterocycles. The van der Waals surface area contributed by atoms with Gasteiger partial charge in [-0.05, 0) is 37.0 Å². The second-order valence-corrected chi connectivity index (χ2v) is 10.1. The van der Waals surface area contributed by atoms with E-state index in [1.807, 2.05) is 40.8 Å². The summed E-state index contributed by atoms with van der Waals surface area (Å²) in [5.74, 6) is 0.245. The van der Waals surface area contributed by atoms with E-state index in [1.54, 1.807) is 4.68 Å². The van der Waals surface area contributed by atoms with E-state index in [4.69, 9.17) is 10.2 Å². The van der Waals surface area contributed by atoms with Gasteiger partial charge in [0.05, 0.1) is 29.2 Å². The van der Waals surface area contributed by atoms with Gasteiger partial charge in [0.15, 0.2) is 5.65 Å². The van der Waals surface area contributed by atoms with Crippen LogP contribution in [0.5, 0.6) is 0 Å². The highest BCUT2D eigenvalue weighted by atomic mass is 16.3. The first-order valence-corrected chi connectivity index (χ1v) is 13.0. The van der Waals surface area contributed by atoms with Gasteiger partial charge in [-0.1, -0.05) is 56.3 Å². The molecule has 0 aliphatic rings. The molecule has 6 rings (SSSR count). The molecule has 0 saturated carbocycles. The van der Waals surface area contributed by atoms with E-state index < -0.39 is 0 Å². The third kappa shape index (κ3) is 4.16. The normalized spacial score (nSPS) is 11.8. The number of nitrogens with zero attached hydrogens (tertiary/aromatic N) is 7. The molecule has 1 N–H and O–H groups in total. The quantitative estimate of drug-likeness (QED) is 0.317. The molecule has 4 aromatic heterocycles. The molecule has 0 radical (unpaired) electrons. The SMILES string of the molecule is Cc1c(C(C)C)c(-c2cccc3nn(CCc4ccccc4)cc23)nn1-c1cc2cn(C)nc2nc1CO. The topological polar surface area (TPSA) is 86.6 Å². The number of aliphatic hydroxyl groups is 1. The van der Waals surface area contributed by atoms with Crippen molar-refractivity contribution in [2.75, 3.05) is 0 Å². The van der Waals surface area contributed by atoms with Crippen LogP contribution in [0.15, 0.2) is 67.0 Å². The molecule has 0 bridgehead atoms. The highest BCUT2D eigenvalue weighted by molar-refractivity contribution is 5.94. The van der Waals surface area contributed by atoms with Gasteiger partial charge in [-0.3, -0.25) is 9.36 Å². The molecule has 2 aromatic carbocycles. The van der Waals surface area contributed by atoms with Crippen molar-refractivity contribution in [3.63, 3.8) is 0 Å². The molecule has 0 atom stereocenters. The largest absolute Gasteiger partial charge is 0.390 e. The van der Waals surface area contributed by atoms with Gasteiger partial charge in [-0.15, -0.1) is 0 Å². The van der Waals surface area contributed by atoms with Crippen molar-refractivity contribution in [3.8, 4) is 16.9 Å². The summed E-state index contributed by atoms with van der Waals surface area (Å²) in [7, 11) is 1.87. The third-order valence-electron chi connectivity index (χ3n) is 7.11.